The van der Waals surface area contributed by atoms with Crippen molar-refractivity contribution in [2.75, 3.05) is 26.4 Å². The Morgan fingerprint density at radius 3 is 2.42 bits per heavy atom. The van der Waals surface area contributed by atoms with Crippen molar-refractivity contribution in [1.29, 1.82) is 0 Å². The van der Waals surface area contributed by atoms with Crippen LogP contribution in [0.5, 0.6) is 0 Å². The molecule has 0 aromatic carbocycles. The molecule has 2 aliphatic rings. The van der Waals surface area contributed by atoms with Gasteiger partial charge in [0.1, 0.15) is 0 Å². The van der Waals surface area contributed by atoms with E-state index in [9.17, 15) is 5.11 Å². The maximum atomic E-state index is 10.2. The molecule has 0 amide bonds. The summed E-state index contributed by atoms with van der Waals surface area (Å²) in [5.74, 6) is 0.349. The molecule has 0 bridgehead atoms. The van der Waals surface area contributed by atoms with E-state index in [1.807, 2.05) is 0 Å². The summed E-state index contributed by atoms with van der Waals surface area (Å²) in [6, 6.07) is 0. The van der Waals surface area contributed by atoms with Gasteiger partial charge >= 0.3 is 0 Å². The summed E-state index contributed by atoms with van der Waals surface area (Å²) in [7, 11) is 0. The van der Waals surface area contributed by atoms with Gasteiger partial charge in [-0.15, -0.1) is 0 Å². The second-order valence-corrected chi connectivity index (χ2v) is 3.78. The Labute approximate surface area is 72.7 Å². The van der Waals surface area contributed by atoms with Crippen LogP contribution in [0.3, 0.4) is 0 Å². The predicted octanol–water partition coefficient (Wildman–Crippen LogP) is 0.564. The number of ether oxygens (including phenoxy) is 2. The van der Waals surface area contributed by atoms with Gasteiger partial charge in [-0.05, 0) is 19.3 Å². The van der Waals surface area contributed by atoms with Gasteiger partial charge < -0.3 is 14.6 Å². The monoisotopic (exact) mass is 172 g/mol. The van der Waals surface area contributed by atoms with Gasteiger partial charge in [-0.3, -0.25) is 0 Å². The fourth-order valence-electron chi connectivity index (χ4n) is 2.09. The Morgan fingerprint density at radius 2 is 1.83 bits per heavy atom. The summed E-state index contributed by atoms with van der Waals surface area (Å²) in [5.41, 5.74) is -0.491. The van der Waals surface area contributed by atoms with E-state index in [0.717, 1.165) is 32.5 Å². The van der Waals surface area contributed by atoms with Gasteiger partial charge in [-0.1, -0.05) is 0 Å². The fraction of sp³-hybridized carbons (Fsp3) is 1.00. The Balaban J connectivity index is 1.97. The second kappa shape index (κ2) is 3.32. The number of hydrogen-bond donors (Lipinski definition) is 1. The fourth-order valence-corrected chi connectivity index (χ4v) is 2.09. The van der Waals surface area contributed by atoms with Crippen molar-refractivity contribution in [2.45, 2.75) is 24.9 Å². The Morgan fingerprint density at radius 1 is 1.08 bits per heavy atom. The maximum Gasteiger partial charge on any atom is 0.0742 e. The first-order valence-corrected chi connectivity index (χ1v) is 4.69. The minimum atomic E-state index is -0.491. The van der Waals surface area contributed by atoms with Gasteiger partial charge in [0.05, 0.1) is 12.2 Å². The Hall–Kier alpha value is -0.120. The first-order valence-electron chi connectivity index (χ1n) is 4.69. The number of hydrogen-bond acceptors (Lipinski definition) is 3. The zero-order chi connectivity index (χ0) is 8.44. The van der Waals surface area contributed by atoms with Gasteiger partial charge in [0, 0.05) is 25.7 Å². The van der Waals surface area contributed by atoms with Crippen molar-refractivity contribution in [3.05, 3.63) is 0 Å². The molecule has 1 unspecified atom stereocenters. The summed E-state index contributed by atoms with van der Waals surface area (Å²) >= 11 is 0. The van der Waals surface area contributed by atoms with Gasteiger partial charge in [-0.2, -0.15) is 0 Å². The van der Waals surface area contributed by atoms with Crippen LogP contribution in [-0.2, 0) is 9.47 Å². The van der Waals surface area contributed by atoms with E-state index in [2.05, 4.69) is 0 Å². The molecular formula is C9H16O3. The van der Waals surface area contributed by atoms with E-state index in [4.69, 9.17) is 9.47 Å². The highest BCUT2D eigenvalue weighted by Gasteiger charge is 2.39. The molecule has 0 aliphatic carbocycles. The molecule has 2 heterocycles. The highest BCUT2D eigenvalue weighted by molar-refractivity contribution is 4.90. The lowest BCUT2D eigenvalue weighted by molar-refractivity contribution is -0.0994. The zero-order valence-corrected chi connectivity index (χ0v) is 7.29. The summed E-state index contributed by atoms with van der Waals surface area (Å²) in [6.07, 6.45) is 2.57. The van der Waals surface area contributed by atoms with E-state index < -0.39 is 5.60 Å². The van der Waals surface area contributed by atoms with Crippen molar-refractivity contribution in [2.24, 2.45) is 5.92 Å². The molecule has 0 spiro atoms. The lowest BCUT2D eigenvalue weighted by atomic mass is 9.81. The van der Waals surface area contributed by atoms with Crippen LogP contribution in [-0.4, -0.2) is 37.1 Å². The third kappa shape index (κ3) is 1.49. The van der Waals surface area contributed by atoms with E-state index in [-0.39, 0.29) is 0 Å². The summed E-state index contributed by atoms with van der Waals surface area (Å²) in [6.45, 7) is 2.95. The molecule has 1 N–H and O–H groups in total. The molecule has 0 saturated carbocycles. The first-order chi connectivity index (χ1) is 5.81. The van der Waals surface area contributed by atoms with Crippen molar-refractivity contribution in [3.8, 4) is 0 Å². The highest BCUT2D eigenvalue weighted by atomic mass is 16.5. The normalized spacial score (nSPS) is 35.2. The van der Waals surface area contributed by atoms with Crippen LogP contribution in [0.15, 0.2) is 0 Å². The summed E-state index contributed by atoms with van der Waals surface area (Å²) in [4.78, 5) is 0. The van der Waals surface area contributed by atoms with E-state index in [0.29, 0.717) is 19.1 Å². The third-order valence-corrected chi connectivity index (χ3v) is 3.05. The van der Waals surface area contributed by atoms with E-state index >= 15 is 0 Å². The lowest BCUT2D eigenvalue weighted by Crippen LogP contribution is -2.43. The van der Waals surface area contributed by atoms with Crippen molar-refractivity contribution in [1.82, 2.24) is 0 Å². The third-order valence-electron chi connectivity index (χ3n) is 3.05. The molecule has 2 saturated heterocycles. The van der Waals surface area contributed by atoms with Gasteiger partial charge in [0.15, 0.2) is 0 Å². The molecular weight excluding hydrogens is 156 g/mol. The topological polar surface area (TPSA) is 38.7 Å². The highest BCUT2D eigenvalue weighted by Crippen LogP contribution is 2.33. The zero-order valence-electron chi connectivity index (χ0n) is 7.29. The van der Waals surface area contributed by atoms with Crippen molar-refractivity contribution in [3.63, 3.8) is 0 Å². The van der Waals surface area contributed by atoms with Crippen molar-refractivity contribution >= 4 is 0 Å². The smallest absolute Gasteiger partial charge is 0.0742 e. The molecule has 0 aromatic rings. The van der Waals surface area contributed by atoms with Crippen LogP contribution < -0.4 is 0 Å². The van der Waals surface area contributed by atoms with Crippen LogP contribution in [0.4, 0.5) is 0 Å². The standard InChI is InChI=1S/C9H16O3/c10-9(2-5-11-6-3-9)8-1-4-12-7-8/h8,10H,1-7H2. The molecule has 1 atom stereocenters. The maximum absolute atomic E-state index is 10.2. The molecule has 12 heavy (non-hydrogen) atoms. The quantitative estimate of drug-likeness (QED) is 0.628. The van der Waals surface area contributed by atoms with Crippen LogP contribution >= 0.6 is 0 Å². The number of rotatable bonds is 1. The number of aliphatic hydroxyl groups is 1. The molecule has 70 valence electrons. The Bertz CT molecular complexity index is 146. The lowest BCUT2D eigenvalue weighted by Gasteiger charge is -2.36. The van der Waals surface area contributed by atoms with E-state index in [1.54, 1.807) is 0 Å². The molecule has 2 rings (SSSR count). The van der Waals surface area contributed by atoms with Crippen LogP contribution in [0.25, 0.3) is 0 Å². The molecule has 0 radical (unpaired) electrons. The molecule has 0 aromatic heterocycles. The summed E-state index contributed by atoms with van der Waals surface area (Å²) < 4.78 is 10.5. The van der Waals surface area contributed by atoms with Crippen LogP contribution in [0.1, 0.15) is 19.3 Å². The van der Waals surface area contributed by atoms with Gasteiger partial charge in [-0.25, -0.2) is 0 Å². The molecule has 2 fully saturated rings. The average Bonchev–Trinajstić information content (AvgIpc) is 2.58. The molecule has 3 nitrogen and oxygen atoms in total. The van der Waals surface area contributed by atoms with Gasteiger partial charge in [0.2, 0.25) is 0 Å². The SMILES string of the molecule is OC1(C2CCOC2)CCOCC1. The van der Waals surface area contributed by atoms with E-state index in [1.165, 1.54) is 0 Å². The van der Waals surface area contributed by atoms with Gasteiger partial charge in [0.25, 0.3) is 0 Å². The largest absolute Gasteiger partial charge is 0.389 e. The molecule has 2 aliphatic heterocycles. The minimum absolute atomic E-state index is 0.349. The van der Waals surface area contributed by atoms with Crippen LogP contribution in [0.2, 0.25) is 0 Å². The predicted molar refractivity (Wildman–Crippen MR) is 43.9 cm³/mol. The second-order valence-electron chi connectivity index (χ2n) is 3.78. The Kier molecular flexibility index (Phi) is 2.35. The molecule has 3 heteroatoms. The minimum Gasteiger partial charge on any atom is -0.389 e. The first kappa shape index (κ1) is 8.48. The summed E-state index contributed by atoms with van der Waals surface area (Å²) in [5, 5.41) is 10.2. The van der Waals surface area contributed by atoms with Crippen LogP contribution in [0, 0.1) is 5.92 Å². The average molecular weight is 172 g/mol. The van der Waals surface area contributed by atoms with Crippen molar-refractivity contribution < 1.29 is 14.6 Å².